The molecule has 2 aromatic carbocycles. The van der Waals surface area contributed by atoms with Gasteiger partial charge in [0.1, 0.15) is 17.9 Å². The van der Waals surface area contributed by atoms with Gasteiger partial charge in [0.15, 0.2) is 0 Å². The number of hydrogen-bond acceptors (Lipinski definition) is 4. The number of nitrogens with one attached hydrogen (secondary N) is 2. The lowest BCUT2D eigenvalue weighted by Gasteiger charge is -2.22. The van der Waals surface area contributed by atoms with Crippen LogP contribution in [0.15, 0.2) is 54.6 Å². The summed E-state index contributed by atoms with van der Waals surface area (Å²) in [4.78, 5) is 38.1. The van der Waals surface area contributed by atoms with E-state index in [4.69, 9.17) is 0 Å². The first-order chi connectivity index (χ1) is 13.9. The topological polar surface area (TPSA) is 78.5 Å². The normalized spacial score (nSPS) is 18.6. The van der Waals surface area contributed by atoms with Crippen LogP contribution in [0, 0.1) is 5.82 Å². The van der Waals surface area contributed by atoms with Gasteiger partial charge in [0.2, 0.25) is 5.91 Å². The molecule has 3 rings (SSSR count). The molecule has 1 fully saturated rings. The first-order valence-corrected chi connectivity index (χ1v) is 10.3. The van der Waals surface area contributed by atoms with Crippen LogP contribution >= 0.6 is 11.8 Å². The number of rotatable bonds is 8. The number of hydrogen-bond donors (Lipinski definition) is 2. The minimum atomic E-state index is -1.32. The Morgan fingerprint density at radius 3 is 2.52 bits per heavy atom. The molecule has 1 heterocycles. The molecule has 29 heavy (non-hydrogen) atoms. The van der Waals surface area contributed by atoms with Crippen LogP contribution in [0.25, 0.3) is 0 Å². The van der Waals surface area contributed by atoms with Gasteiger partial charge in [-0.3, -0.25) is 14.5 Å². The molecule has 1 aliphatic heterocycles. The number of carbonyl (C=O) groups is 3. The highest BCUT2D eigenvalue weighted by Gasteiger charge is 2.49. The predicted octanol–water partition coefficient (Wildman–Crippen LogP) is 2.64. The number of urea groups is 1. The number of amides is 4. The van der Waals surface area contributed by atoms with Crippen molar-refractivity contribution in [3.05, 3.63) is 71.5 Å². The van der Waals surface area contributed by atoms with Gasteiger partial charge in [0, 0.05) is 18.1 Å². The standard InChI is InChI=1S/C21H22FN3O3S/c1-21(16-7-9-17(22)10-8-16)19(27)25(20(28)24-21)13-18(26)23-11-12-29-14-15-5-3-2-4-6-15/h2-10H,11-14H2,1H3,(H,23,26)(H,24,28). The molecule has 2 N–H and O–H groups in total. The summed E-state index contributed by atoms with van der Waals surface area (Å²) >= 11 is 1.69. The van der Waals surface area contributed by atoms with Crippen LogP contribution in [0.5, 0.6) is 0 Å². The average molecular weight is 415 g/mol. The Morgan fingerprint density at radius 2 is 1.83 bits per heavy atom. The number of imide groups is 1. The summed E-state index contributed by atoms with van der Waals surface area (Å²) in [6.07, 6.45) is 0. The summed E-state index contributed by atoms with van der Waals surface area (Å²) in [7, 11) is 0. The molecule has 0 spiro atoms. The van der Waals surface area contributed by atoms with Gasteiger partial charge in [-0.25, -0.2) is 9.18 Å². The summed E-state index contributed by atoms with van der Waals surface area (Å²) in [6.45, 7) is 1.62. The van der Waals surface area contributed by atoms with E-state index in [1.165, 1.54) is 29.8 Å². The summed E-state index contributed by atoms with van der Waals surface area (Å²) in [5.41, 5.74) is 0.345. The van der Waals surface area contributed by atoms with E-state index in [1.807, 2.05) is 30.3 Å². The molecule has 0 aromatic heterocycles. The highest BCUT2D eigenvalue weighted by molar-refractivity contribution is 7.98. The Hall–Kier alpha value is -2.87. The molecular formula is C21H22FN3O3S. The Kier molecular flexibility index (Phi) is 6.53. The Morgan fingerprint density at radius 1 is 1.14 bits per heavy atom. The monoisotopic (exact) mass is 415 g/mol. The lowest BCUT2D eigenvalue weighted by molar-refractivity contribution is -0.134. The zero-order valence-corrected chi connectivity index (χ0v) is 16.8. The third kappa shape index (κ3) is 4.95. The maximum atomic E-state index is 13.2. The molecule has 0 saturated carbocycles. The first-order valence-electron chi connectivity index (χ1n) is 9.18. The number of halogens is 1. The quantitative estimate of drug-likeness (QED) is 0.513. The van der Waals surface area contributed by atoms with Crippen LogP contribution in [0.3, 0.4) is 0 Å². The average Bonchev–Trinajstić information content (AvgIpc) is 2.93. The van der Waals surface area contributed by atoms with E-state index in [0.717, 1.165) is 10.7 Å². The van der Waals surface area contributed by atoms with Crippen molar-refractivity contribution in [1.82, 2.24) is 15.5 Å². The summed E-state index contributed by atoms with van der Waals surface area (Å²) in [5.74, 6) is 0.184. The SMILES string of the molecule is CC1(c2ccc(F)cc2)NC(=O)N(CC(=O)NCCSCc2ccccc2)C1=O. The van der Waals surface area contributed by atoms with Crippen molar-refractivity contribution in [2.24, 2.45) is 0 Å². The molecular weight excluding hydrogens is 393 g/mol. The van der Waals surface area contributed by atoms with Crippen molar-refractivity contribution in [2.45, 2.75) is 18.2 Å². The van der Waals surface area contributed by atoms with Crippen molar-refractivity contribution in [2.75, 3.05) is 18.8 Å². The van der Waals surface area contributed by atoms with E-state index in [-0.39, 0.29) is 6.54 Å². The molecule has 1 atom stereocenters. The zero-order valence-electron chi connectivity index (χ0n) is 16.0. The maximum Gasteiger partial charge on any atom is 0.325 e. The van der Waals surface area contributed by atoms with Crippen LogP contribution in [0.2, 0.25) is 0 Å². The van der Waals surface area contributed by atoms with Gasteiger partial charge in [-0.2, -0.15) is 11.8 Å². The summed E-state index contributed by atoms with van der Waals surface area (Å²) < 4.78 is 13.2. The van der Waals surface area contributed by atoms with E-state index < -0.39 is 29.2 Å². The summed E-state index contributed by atoms with van der Waals surface area (Å²) in [6, 6.07) is 14.7. The van der Waals surface area contributed by atoms with Gasteiger partial charge >= 0.3 is 6.03 Å². The van der Waals surface area contributed by atoms with Crippen LogP contribution in [0.4, 0.5) is 9.18 Å². The van der Waals surface area contributed by atoms with Gasteiger partial charge in [-0.1, -0.05) is 42.5 Å². The molecule has 0 bridgehead atoms. The van der Waals surface area contributed by atoms with Gasteiger partial charge in [-0.05, 0) is 30.2 Å². The zero-order chi connectivity index (χ0) is 20.9. The smallest absolute Gasteiger partial charge is 0.325 e. The number of nitrogens with zero attached hydrogens (tertiary/aromatic N) is 1. The third-order valence-electron chi connectivity index (χ3n) is 4.68. The van der Waals surface area contributed by atoms with Crippen molar-refractivity contribution in [3.8, 4) is 0 Å². The Balaban J connectivity index is 1.48. The third-order valence-corrected chi connectivity index (χ3v) is 5.71. The Labute approximate surface area is 172 Å². The second kappa shape index (κ2) is 9.09. The highest BCUT2D eigenvalue weighted by atomic mass is 32.2. The van der Waals surface area contributed by atoms with Gasteiger partial charge < -0.3 is 10.6 Å². The minimum Gasteiger partial charge on any atom is -0.354 e. The predicted molar refractivity (Wildman–Crippen MR) is 110 cm³/mol. The number of thioether (sulfide) groups is 1. The van der Waals surface area contributed by atoms with E-state index >= 15 is 0 Å². The lowest BCUT2D eigenvalue weighted by Crippen LogP contribution is -2.43. The van der Waals surface area contributed by atoms with E-state index in [1.54, 1.807) is 18.7 Å². The molecule has 8 heteroatoms. The van der Waals surface area contributed by atoms with Crippen molar-refractivity contribution in [3.63, 3.8) is 0 Å². The lowest BCUT2D eigenvalue weighted by atomic mass is 9.92. The molecule has 1 unspecified atom stereocenters. The molecule has 0 radical (unpaired) electrons. The van der Waals surface area contributed by atoms with Crippen LogP contribution < -0.4 is 10.6 Å². The first kappa shape index (κ1) is 20.9. The van der Waals surface area contributed by atoms with Gasteiger partial charge in [0.25, 0.3) is 5.91 Å². The molecule has 6 nitrogen and oxygen atoms in total. The summed E-state index contributed by atoms with van der Waals surface area (Å²) in [5, 5.41) is 5.32. The number of benzene rings is 2. The largest absolute Gasteiger partial charge is 0.354 e. The minimum absolute atomic E-state index is 0.356. The van der Waals surface area contributed by atoms with Crippen molar-refractivity contribution in [1.29, 1.82) is 0 Å². The number of carbonyl (C=O) groups excluding carboxylic acids is 3. The maximum absolute atomic E-state index is 13.2. The van der Waals surface area contributed by atoms with Crippen LogP contribution in [-0.4, -0.2) is 41.6 Å². The second-order valence-corrected chi connectivity index (χ2v) is 7.95. The van der Waals surface area contributed by atoms with Crippen LogP contribution in [0.1, 0.15) is 18.1 Å². The van der Waals surface area contributed by atoms with Crippen molar-refractivity contribution >= 4 is 29.6 Å². The fourth-order valence-corrected chi connectivity index (χ4v) is 3.86. The van der Waals surface area contributed by atoms with E-state index in [0.29, 0.717) is 17.9 Å². The van der Waals surface area contributed by atoms with E-state index in [9.17, 15) is 18.8 Å². The van der Waals surface area contributed by atoms with Crippen LogP contribution in [-0.2, 0) is 20.9 Å². The fraction of sp³-hybridized carbons (Fsp3) is 0.286. The molecule has 4 amide bonds. The molecule has 152 valence electrons. The molecule has 1 saturated heterocycles. The molecule has 2 aromatic rings. The second-order valence-electron chi connectivity index (χ2n) is 6.84. The van der Waals surface area contributed by atoms with Crippen molar-refractivity contribution < 1.29 is 18.8 Å². The molecule has 0 aliphatic carbocycles. The molecule has 1 aliphatic rings. The van der Waals surface area contributed by atoms with Gasteiger partial charge in [0.05, 0.1) is 0 Å². The fourth-order valence-electron chi connectivity index (χ4n) is 3.05. The van der Waals surface area contributed by atoms with E-state index in [2.05, 4.69) is 10.6 Å². The highest BCUT2D eigenvalue weighted by Crippen LogP contribution is 2.28. The van der Waals surface area contributed by atoms with Gasteiger partial charge in [-0.15, -0.1) is 0 Å². The Bertz CT molecular complexity index is 892.